The number of phenols is 1. The Labute approximate surface area is 189 Å². The molecule has 4 aromatic rings. The topological polar surface area (TPSA) is 127 Å². The number of nitrogens with one attached hydrogen (secondary N) is 2. The Morgan fingerprint density at radius 3 is 2.61 bits per heavy atom. The highest BCUT2D eigenvalue weighted by molar-refractivity contribution is 6.04. The van der Waals surface area contributed by atoms with Crippen LogP contribution in [0.15, 0.2) is 36.4 Å². The van der Waals surface area contributed by atoms with Crippen LogP contribution >= 0.6 is 0 Å². The normalized spacial score (nSPS) is 13.9. The number of fused-ring (bicyclic) bond motifs is 1. The van der Waals surface area contributed by atoms with E-state index in [1.165, 1.54) is 6.07 Å². The van der Waals surface area contributed by atoms with Crippen LogP contribution in [0.5, 0.6) is 5.75 Å². The summed E-state index contributed by atoms with van der Waals surface area (Å²) in [4.78, 5) is 6.76. The molecule has 0 amide bonds. The smallest absolute Gasteiger partial charge is 0.184 e. The number of anilines is 2. The maximum atomic E-state index is 14.9. The van der Waals surface area contributed by atoms with Gasteiger partial charge in [0.2, 0.25) is 0 Å². The van der Waals surface area contributed by atoms with Crippen LogP contribution in [0.3, 0.4) is 0 Å². The van der Waals surface area contributed by atoms with Gasteiger partial charge < -0.3 is 21.1 Å². The van der Waals surface area contributed by atoms with Gasteiger partial charge >= 0.3 is 0 Å². The number of aromatic hydroxyl groups is 1. The molecule has 0 aliphatic carbocycles. The van der Waals surface area contributed by atoms with E-state index in [-0.39, 0.29) is 34.0 Å². The Morgan fingerprint density at radius 2 is 1.91 bits per heavy atom. The fourth-order valence-electron chi connectivity index (χ4n) is 4.28. The number of nitrogens with two attached hydrogens (primary N) is 1. The molecule has 0 atom stereocenters. The molecule has 1 saturated heterocycles. The van der Waals surface area contributed by atoms with Gasteiger partial charge in [-0.25, -0.2) is 9.37 Å². The predicted octanol–water partition coefficient (Wildman–Crippen LogP) is 3.31. The average Bonchev–Trinajstić information content (AvgIpc) is 3.21. The van der Waals surface area contributed by atoms with Crippen molar-refractivity contribution >= 4 is 22.5 Å². The number of hydrogen-bond acceptors (Lipinski definition) is 7. The van der Waals surface area contributed by atoms with Crippen molar-refractivity contribution in [3.8, 4) is 34.2 Å². The van der Waals surface area contributed by atoms with E-state index in [9.17, 15) is 14.8 Å². The van der Waals surface area contributed by atoms with Crippen LogP contribution in [0, 0.1) is 24.1 Å². The molecule has 0 unspecified atom stereocenters. The number of phenolic OH excluding ortho intramolecular Hbond substituents is 1. The summed E-state index contributed by atoms with van der Waals surface area (Å²) in [5.41, 5.74) is 9.75. The van der Waals surface area contributed by atoms with Crippen LogP contribution < -0.4 is 16.0 Å². The van der Waals surface area contributed by atoms with Crippen molar-refractivity contribution in [2.45, 2.75) is 6.92 Å². The summed E-state index contributed by atoms with van der Waals surface area (Å²) in [6.07, 6.45) is 0. The number of rotatable bonds is 3. The Morgan fingerprint density at radius 1 is 1.18 bits per heavy atom. The van der Waals surface area contributed by atoms with Crippen molar-refractivity contribution < 1.29 is 9.50 Å². The van der Waals surface area contributed by atoms with E-state index in [1.54, 1.807) is 6.92 Å². The van der Waals surface area contributed by atoms with Crippen molar-refractivity contribution in [3.63, 3.8) is 0 Å². The number of hydrogen-bond donors (Lipinski definition) is 4. The number of halogens is 1. The third-order valence-electron chi connectivity index (χ3n) is 6.02. The van der Waals surface area contributed by atoms with Gasteiger partial charge in [-0.15, -0.1) is 0 Å². The maximum absolute atomic E-state index is 14.9. The molecule has 1 aliphatic heterocycles. The third kappa shape index (κ3) is 3.50. The van der Waals surface area contributed by atoms with Crippen molar-refractivity contribution in [2.24, 2.45) is 0 Å². The molecular formula is C24H22FN7O. The fraction of sp³-hybridized carbons (Fsp3) is 0.208. The number of piperazine rings is 1. The summed E-state index contributed by atoms with van der Waals surface area (Å²) >= 11 is 0. The summed E-state index contributed by atoms with van der Waals surface area (Å²) in [6.45, 7) is 5.35. The molecule has 3 heterocycles. The number of benzene rings is 2. The molecule has 2 aromatic heterocycles. The van der Waals surface area contributed by atoms with E-state index in [0.717, 1.165) is 43.5 Å². The molecule has 0 bridgehead atoms. The van der Waals surface area contributed by atoms with Gasteiger partial charge in [0.05, 0.1) is 16.6 Å². The summed E-state index contributed by atoms with van der Waals surface area (Å²) in [7, 11) is 0. The number of pyridine rings is 1. The van der Waals surface area contributed by atoms with Gasteiger partial charge in [0, 0.05) is 49.1 Å². The monoisotopic (exact) mass is 443 g/mol. The Kier molecular flexibility index (Phi) is 5.07. The van der Waals surface area contributed by atoms with Gasteiger partial charge in [0.1, 0.15) is 23.5 Å². The lowest BCUT2D eigenvalue weighted by atomic mass is 9.93. The van der Waals surface area contributed by atoms with E-state index < -0.39 is 5.82 Å². The largest absolute Gasteiger partial charge is 0.508 e. The lowest BCUT2D eigenvalue weighted by Crippen LogP contribution is -2.43. The van der Waals surface area contributed by atoms with Crippen molar-refractivity contribution in [3.05, 3.63) is 53.3 Å². The number of aromatic nitrogens is 3. The minimum absolute atomic E-state index is 0.115. The average molecular weight is 443 g/mol. The van der Waals surface area contributed by atoms with Crippen molar-refractivity contribution in [2.75, 3.05) is 36.8 Å². The van der Waals surface area contributed by atoms with Gasteiger partial charge in [0.25, 0.3) is 0 Å². The standard InChI is InChI=1S/C24H22FN7O/c1-13-10-16(18(25)11-19(13)33)22-17(12-26)20(21-23(27)30-31-24(21)29-22)14-2-4-15(5-3-14)32-8-6-28-7-9-32/h2-5,10-11,28,33H,6-9H2,1H3,(H3,27,29,30,31). The molecule has 1 aliphatic rings. The third-order valence-corrected chi connectivity index (χ3v) is 6.02. The zero-order chi connectivity index (χ0) is 23.1. The molecule has 0 saturated carbocycles. The minimum Gasteiger partial charge on any atom is -0.508 e. The molecule has 33 heavy (non-hydrogen) atoms. The van der Waals surface area contributed by atoms with E-state index in [1.807, 2.05) is 24.3 Å². The van der Waals surface area contributed by atoms with Gasteiger partial charge in [0.15, 0.2) is 5.65 Å². The van der Waals surface area contributed by atoms with Crippen LogP contribution in [0.4, 0.5) is 15.9 Å². The highest BCUT2D eigenvalue weighted by Gasteiger charge is 2.24. The lowest BCUT2D eigenvalue weighted by Gasteiger charge is -2.29. The number of aryl methyl sites for hydroxylation is 1. The molecular weight excluding hydrogens is 421 g/mol. The van der Waals surface area contributed by atoms with Crippen molar-refractivity contribution in [1.82, 2.24) is 20.5 Å². The molecule has 0 spiro atoms. The zero-order valence-corrected chi connectivity index (χ0v) is 18.0. The molecule has 5 N–H and O–H groups in total. The van der Waals surface area contributed by atoms with E-state index in [4.69, 9.17) is 5.73 Å². The first-order valence-electron chi connectivity index (χ1n) is 10.6. The summed E-state index contributed by atoms with van der Waals surface area (Å²) in [5, 5.41) is 30.8. The highest BCUT2D eigenvalue weighted by atomic mass is 19.1. The van der Waals surface area contributed by atoms with Gasteiger partial charge in [-0.3, -0.25) is 5.10 Å². The quantitative estimate of drug-likeness (QED) is 0.383. The molecule has 9 heteroatoms. The first-order valence-corrected chi connectivity index (χ1v) is 10.6. The van der Waals surface area contributed by atoms with Crippen LogP contribution in [0.1, 0.15) is 11.1 Å². The Hall–Kier alpha value is -4.16. The Balaban J connectivity index is 1.73. The predicted molar refractivity (Wildman–Crippen MR) is 125 cm³/mol. The number of nitriles is 1. The van der Waals surface area contributed by atoms with Crippen molar-refractivity contribution in [1.29, 1.82) is 5.26 Å². The molecule has 0 radical (unpaired) electrons. The summed E-state index contributed by atoms with van der Waals surface area (Å²) < 4.78 is 14.9. The number of aromatic amines is 1. The highest BCUT2D eigenvalue weighted by Crippen LogP contribution is 2.40. The fourth-order valence-corrected chi connectivity index (χ4v) is 4.28. The summed E-state index contributed by atoms with van der Waals surface area (Å²) in [6, 6.07) is 12.6. The number of nitrogens with zero attached hydrogens (tertiary/aromatic N) is 4. The lowest BCUT2D eigenvalue weighted by molar-refractivity contribution is 0.465. The van der Waals surface area contributed by atoms with Crippen LogP contribution in [0.2, 0.25) is 0 Å². The van der Waals surface area contributed by atoms with Gasteiger partial charge in [-0.2, -0.15) is 10.4 Å². The zero-order valence-electron chi connectivity index (χ0n) is 18.0. The molecule has 166 valence electrons. The van der Waals surface area contributed by atoms with E-state index in [2.05, 4.69) is 31.5 Å². The minimum atomic E-state index is -0.676. The van der Waals surface area contributed by atoms with Gasteiger partial charge in [-0.05, 0) is 36.2 Å². The number of nitrogen functional groups attached to an aromatic ring is 1. The summed E-state index contributed by atoms with van der Waals surface area (Å²) in [5.74, 6) is -0.558. The first kappa shape index (κ1) is 20.7. The molecule has 5 rings (SSSR count). The Bertz CT molecular complexity index is 1400. The van der Waals surface area contributed by atoms with E-state index in [0.29, 0.717) is 16.5 Å². The number of H-pyrrole nitrogens is 1. The molecule has 1 fully saturated rings. The second-order valence-electron chi connectivity index (χ2n) is 8.06. The SMILES string of the molecule is Cc1cc(-c2nc3n[nH]c(N)c3c(-c3ccc(N4CCNCC4)cc3)c2C#N)c(F)cc1O. The first-order chi connectivity index (χ1) is 16.0. The van der Waals surface area contributed by atoms with Crippen LogP contribution in [-0.4, -0.2) is 46.5 Å². The molecule has 2 aromatic carbocycles. The van der Waals surface area contributed by atoms with E-state index >= 15 is 0 Å². The maximum Gasteiger partial charge on any atom is 0.184 e. The van der Waals surface area contributed by atoms with Crippen LogP contribution in [-0.2, 0) is 0 Å². The molecule has 8 nitrogen and oxygen atoms in total. The van der Waals surface area contributed by atoms with Gasteiger partial charge in [-0.1, -0.05) is 12.1 Å². The van der Waals surface area contributed by atoms with Crippen LogP contribution in [0.25, 0.3) is 33.4 Å². The second-order valence-corrected chi connectivity index (χ2v) is 8.06. The second kappa shape index (κ2) is 8.07.